The highest BCUT2D eigenvalue weighted by atomic mass is 79.9. The van der Waals surface area contributed by atoms with Crippen LogP contribution in [0.1, 0.15) is 11.3 Å². The molecular formula is C10H8BrF3N4. The molecule has 0 aliphatic rings. The molecule has 0 amide bonds. The Bertz CT molecular complexity index is 564. The van der Waals surface area contributed by atoms with E-state index < -0.39 is 11.7 Å². The number of halogens is 4. The van der Waals surface area contributed by atoms with Crippen LogP contribution in [-0.2, 0) is 12.7 Å². The molecule has 0 saturated carbocycles. The summed E-state index contributed by atoms with van der Waals surface area (Å²) in [6.07, 6.45) is -2.91. The van der Waals surface area contributed by atoms with Crippen LogP contribution in [0.15, 0.2) is 28.9 Å². The lowest BCUT2D eigenvalue weighted by atomic mass is 10.2. The molecule has 0 unspecified atom stereocenters. The highest BCUT2D eigenvalue weighted by Crippen LogP contribution is 2.32. The molecule has 4 nitrogen and oxygen atoms in total. The SMILES string of the molecule is NCc1cn(-c2cc(C(F)(F)F)ccc2Br)nn1. The first-order valence-electron chi connectivity index (χ1n) is 4.90. The number of hydrogen-bond donors (Lipinski definition) is 1. The van der Waals surface area contributed by atoms with Crippen LogP contribution in [0.5, 0.6) is 0 Å². The van der Waals surface area contributed by atoms with Crippen molar-refractivity contribution in [3.63, 3.8) is 0 Å². The molecule has 1 aromatic heterocycles. The third-order valence-electron chi connectivity index (χ3n) is 2.27. The van der Waals surface area contributed by atoms with Gasteiger partial charge < -0.3 is 5.73 Å². The minimum absolute atomic E-state index is 0.177. The molecule has 0 bridgehead atoms. The molecule has 0 atom stereocenters. The quantitative estimate of drug-likeness (QED) is 0.925. The largest absolute Gasteiger partial charge is 0.416 e. The Kier molecular flexibility index (Phi) is 3.40. The van der Waals surface area contributed by atoms with Crippen molar-refractivity contribution in [2.75, 3.05) is 0 Å². The average molecular weight is 321 g/mol. The van der Waals surface area contributed by atoms with Crippen molar-refractivity contribution < 1.29 is 13.2 Å². The second kappa shape index (κ2) is 4.69. The van der Waals surface area contributed by atoms with Crippen molar-refractivity contribution in [2.45, 2.75) is 12.7 Å². The predicted octanol–water partition coefficient (Wildman–Crippen LogP) is 2.51. The van der Waals surface area contributed by atoms with E-state index in [0.717, 1.165) is 12.1 Å². The van der Waals surface area contributed by atoms with Gasteiger partial charge in [-0.3, -0.25) is 0 Å². The summed E-state index contributed by atoms with van der Waals surface area (Å²) in [4.78, 5) is 0. The molecule has 0 spiro atoms. The minimum Gasteiger partial charge on any atom is -0.325 e. The Balaban J connectivity index is 2.49. The second-order valence-electron chi connectivity index (χ2n) is 3.52. The van der Waals surface area contributed by atoms with Crippen LogP contribution in [0.25, 0.3) is 5.69 Å². The van der Waals surface area contributed by atoms with Crippen LogP contribution in [0.3, 0.4) is 0 Å². The zero-order valence-electron chi connectivity index (χ0n) is 8.95. The van der Waals surface area contributed by atoms with Crippen molar-refractivity contribution in [3.8, 4) is 5.69 Å². The van der Waals surface area contributed by atoms with E-state index in [0.29, 0.717) is 10.2 Å². The fourth-order valence-electron chi connectivity index (χ4n) is 1.37. The van der Waals surface area contributed by atoms with Crippen molar-refractivity contribution in [1.29, 1.82) is 0 Å². The number of rotatable bonds is 2. The highest BCUT2D eigenvalue weighted by Gasteiger charge is 2.31. The molecule has 0 aliphatic carbocycles. The van der Waals surface area contributed by atoms with Crippen LogP contribution in [0.2, 0.25) is 0 Å². The molecule has 0 fully saturated rings. The van der Waals surface area contributed by atoms with Gasteiger partial charge in [-0.05, 0) is 34.1 Å². The number of aromatic nitrogens is 3. The minimum atomic E-state index is -4.40. The number of nitrogens with zero attached hydrogens (tertiary/aromatic N) is 3. The molecular weight excluding hydrogens is 313 g/mol. The standard InChI is InChI=1S/C10H8BrF3N4/c11-8-2-1-6(10(12,13)14)3-9(8)18-5-7(4-15)16-17-18/h1-3,5H,4,15H2. The van der Waals surface area contributed by atoms with E-state index in [-0.39, 0.29) is 12.2 Å². The van der Waals surface area contributed by atoms with E-state index in [9.17, 15) is 13.2 Å². The Morgan fingerprint density at radius 2 is 2.06 bits per heavy atom. The zero-order chi connectivity index (χ0) is 13.3. The zero-order valence-corrected chi connectivity index (χ0v) is 10.5. The Morgan fingerprint density at radius 3 is 2.61 bits per heavy atom. The van der Waals surface area contributed by atoms with E-state index in [1.807, 2.05) is 0 Å². The van der Waals surface area contributed by atoms with Crippen LogP contribution >= 0.6 is 15.9 Å². The Labute approximate surface area is 109 Å². The molecule has 96 valence electrons. The van der Waals surface area contributed by atoms with E-state index in [2.05, 4.69) is 26.2 Å². The second-order valence-corrected chi connectivity index (χ2v) is 4.38. The fraction of sp³-hybridized carbons (Fsp3) is 0.200. The Morgan fingerprint density at radius 1 is 1.33 bits per heavy atom. The van der Waals surface area contributed by atoms with Gasteiger partial charge in [-0.15, -0.1) is 5.10 Å². The molecule has 0 aliphatic heterocycles. The van der Waals surface area contributed by atoms with Gasteiger partial charge in [-0.25, -0.2) is 4.68 Å². The third-order valence-corrected chi connectivity index (χ3v) is 2.94. The molecule has 1 heterocycles. The van der Waals surface area contributed by atoms with E-state index >= 15 is 0 Å². The lowest BCUT2D eigenvalue weighted by molar-refractivity contribution is -0.137. The van der Waals surface area contributed by atoms with Gasteiger partial charge in [0, 0.05) is 11.0 Å². The summed E-state index contributed by atoms with van der Waals surface area (Å²) in [5, 5.41) is 7.46. The maximum Gasteiger partial charge on any atom is 0.416 e. The van der Waals surface area contributed by atoms with Gasteiger partial charge in [0.05, 0.1) is 23.1 Å². The highest BCUT2D eigenvalue weighted by molar-refractivity contribution is 9.10. The van der Waals surface area contributed by atoms with Gasteiger partial charge in [-0.2, -0.15) is 13.2 Å². The van der Waals surface area contributed by atoms with Crippen LogP contribution < -0.4 is 5.73 Å². The average Bonchev–Trinajstić information content (AvgIpc) is 2.76. The van der Waals surface area contributed by atoms with Gasteiger partial charge in [0.25, 0.3) is 0 Å². The number of benzene rings is 1. The molecule has 0 saturated heterocycles. The molecule has 8 heteroatoms. The summed E-state index contributed by atoms with van der Waals surface area (Å²) in [5.41, 5.74) is 5.39. The summed E-state index contributed by atoms with van der Waals surface area (Å²) in [6.45, 7) is 0.177. The molecule has 2 N–H and O–H groups in total. The Hall–Kier alpha value is -1.41. The van der Waals surface area contributed by atoms with Crippen molar-refractivity contribution >= 4 is 15.9 Å². The topological polar surface area (TPSA) is 56.7 Å². The summed E-state index contributed by atoms with van der Waals surface area (Å²) in [7, 11) is 0. The molecule has 2 rings (SSSR count). The first kappa shape index (κ1) is 13.0. The first-order valence-corrected chi connectivity index (χ1v) is 5.69. The molecule has 18 heavy (non-hydrogen) atoms. The third kappa shape index (κ3) is 2.54. The maximum absolute atomic E-state index is 12.6. The van der Waals surface area contributed by atoms with Gasteiger partial charge >= 0.3 is 6.18 Å². The van der Waals surface area contributed by atoms with Gasteiger partial charge in [0.15, 0.2) is 0 Å². The van der Waals surface area contributed by atoms with Crippen LogP contribution in [0, 0.1) is 0 Å². The van der Waals surface area contributed by atoms with E-state index in [4.69, 9.17) is 5.73 Å². The van der Waals surface area contributed by atoms with E-state index in [1.165, 1.54) is 16.9 Å². The molecule has 1 aromatic carbocycles. The number of hydrogen-bond acceptors (Lipinski definition) is 3. The van der Waals surface area contributed by atoms with Crippen molar-refractivity contribution in [1.82, 2.24) is 15.0 Å². The molecule has 2 aromatic rings. The fourth-order valence-corrected chi connectivity index (χ4v) is 1.80. The van der Waals surface area contributed by atoms with Gasteiger partial charge in [0.1, 0.15) is 0 Å². The maximum atomic E-state index is 12.6. The lowest BCUT2D eigenvalue weighted by Crippen LogP contribution is -2.07. The van der Waals surface area contributed by atoms with Gasteiger partial charge in [0.2, 0.25) is 0 Å². The summed E-state index contributed by atoms with van der Waals surface area (Å²) in [6, 6.07) is 3.31. The number of alkyl halides is 3. The van der Waals surface area contributed by atoms with Crippen molar-refractivity contribution in [2.24, 2.45) is 5.73 Å². The van der Waals surface area contributed by atoms with Gasteiger partial charge in [-0.1, -0.05) is 5.21 Å². The summed E-state index contributed by atoms with van der Waals surface area (Å²) in [5.74, 6) is 0. The monoisotopic (exact) mass is 320 g/mol. The van der Waals surface area contributed by atoms with Crippen molar-refractivity contribution in [3.05, 3.63) is 40.1 Å². The summed E-state index contributed by atoms with van der Waals surface area (Å²) >= 11 is 3.18. The molecule has 0 radical (unpaired) electrons. The van der Waals surface area contributed by atoms with E-state index in [1.54, 1.807) is 0 Å². The predicted molar refractivity (Wildman–Crippen MR) is 62.0 cm³/mol. The first-order chi connectivity index (χ1) is 8.41. The lowest BCUT2D eigenvalue weighted by Gasteiger charge is -2.10. The van der Waals surface area contributed by atoms with Crippen LogP contribution in [0.4, 0.5) is 13.2 Å². The normalized spacial score (nSPS) is 11.8. The summed E-state index contributed by atoms with van der Waals surface area (Å²) < 4.78 is 39.6. The van der Waals surface area contributed by atoms with Crippen LogP contribution in [-0.4, -0.2) is 15.0 Å². The smallest absolute Gasteiger partial charge is 0.325 e. The number of nitrogens with two attached hydrogens (primary N) is 1.